The van der Waals surface area contributed by atoms with Crippen LogP contribution in [-0.4, -0.2) is 53.6 Å². The number of benzene rings is 20. The minimum absolute atomic E-state index is 0.547. The predicted octanol–water partition coefficient (Wildman–Crippen LogP) is 32.4. The lowest BCUT2D eigenvalue weighted by atomic mass is 9.97. The van der Waals surface area contributed by atoms with Crippen LogP contribution in [0.25, 0.3) is 268 Å². The summed E-state index contributed by atoms with van der Waals surface area (Å²) in [6, 6.07) is 155. The maximum Gasteiger partial charge on any atom is 0.238 e. The first kappa shape index (κ1) is 78.1. The molecule has 0 spiro atoms. The first-order valence-electron chi connectivity index (χ1n) is 45.5. The molecule has 0 N–H and O–H groups in total. The third-order valence-electron chi connectivity index (χ3n) is 26.5. The van der Waals surface area contributed by atoms with E-state index in [1.807, 2.05) is 132 Å². The third kappa shape index (κ3) is 12.7. The molecule has 0 saturated heterocycles. The van der Waals surface area contributed by atoms with Gasteiger partial charge in [0.2, 0.25) is 17.8 Å². The molecule has 0 aliphatic rings. The van der Waals surface area contributed by atoms with Gasteiger partial charge in [0.25, 0.3) is 0 Å². The molecule has 29 aromatic rings. The summed E-state index contributed by atoms with van der Waals surface area (Å²) < 4.78 is 18.5. The van der Waals surface area contributed by atoms with Crippen molar-refractivity contribution < 1.29 is 4.42 Å². The van der Waals surface area contributed by atoms with E-state index in [9.17, 15) is 0 Å². The molecule has 0 bridgehead atoms. The Labute approximate surface area is 785 Å². The summed E-state index contributed by atoms with van der Waals surface area (Å²) in [5.74, 6) is 4.37. The molecule has 0 saturated carbocycles. The fraction of sp³-hybridized carbons (Fsp3) is 0. The molecule has 9 heterocycles. The first-order valence-corrected chi connectivity index (χ1v) is 47.2. The molecular weight excluding hydrogens is 1700 g/mol. The fourth-order valence-corrected chi connectivity index (χ4v) is 23.0. The Kier molecular flexibility index (Phi) is 18.4. The number of furan rings is 1. The molecule has 0 atom stereocenters. The molecule has 0 amide bonds. The van der Waals surface area contributed by atoms with E-state index in [2.05, 4.69) is 347 Å². The highest BCUT2D eigenvalue weighted by Crippen LogP contribution is 2.52. The Bertz CT molecular complexity index is 9400. The van der Waals surface area contributed by atoms with Crippen LogP contribution in [0.1, 0.15) is 0 Å². The molecule has 12 nitrogen and oxygen atoms in total. The van der Waals surface area contributed by atoms with E-state index in [0.29, 0.717) is 41.1 Å². The van der Waals surface area contributed by atoms with Crippen LogP contribution in [0.3, 0.4) is 0 Å². The molecular formula is C122H73N11OS2. The molecule has 0 fully saturated rings. The second-order valence-corrected chi connectivity index (χ2v) is 36.3. The number of hydrogen-bond acceptors (Lipinski definition) is 11. The first-order chi connectivity index (χ1) is 67.5. The highest BCUT2D eigenvalue weighted by atomic mass is 32.1. The summed E-state index contributed by atoms with van der Waals surface area (Å²) in [7, 11) is 0. The summed E-state index contributed by atoms with van der Waals surface area (Å²) in [6.45, 7) is 0. The smallest absolute Gasteiger partial charge is 0.238 e. The topological polar surface area (TPSA) is 131 Å². The van der Waals surface area contributed by atoms with Crippen LogP contribution in [0.15, 0.2) is 447 Å². The molecule has 0 unspecified atom stereocenters. The standard InChI is InChI=1S/C48H29N3S.C37H22N4O.C37H22N4S/c1-3-13-30(14-4-1)32-23-25-33(26-24-32)45-37-19-9-11-21-40(37)49-48(50-45)51-41-28-27-34(31-15-5-2-6-16-31)29-39(41)43-35-17-7-8-18-36(35)44-38-20-10-12-22-42(38)52-47(44)46(43)51;2*1-3-13-23(14-4-1)35-38-36(24-15-5-2-6-16-24)40-37(39-35)41-29-21-11-9-19-27(29)31-25-17-7-8-18-26(25)32-28-20-10-12-22-30(28)42-34(32)33(31)41/h1-29H;2*1-22H. The van der Waals surface area contributed by atoms with Gasteiger partial charge in [-0.1, -0.05) is 394 Å². The summed E-state index contributed by atoms with van der Waals surface area (Å²) in [5.41, 5.74) is 19.5. The second-order valence-electron chi connectivity index (χ2n) is 34.2. The predicted molar refractivity (Wildman–Crippen MR) is 566 cm³/mol. The third-order valence-corrected chi connectivity index (χ3v) is 28.8. The van der Waals surface area contributed by atoms with Crippen molar-refractivity contribution in [3.8, 4) is 96.9 Å². The SMILES string of the molecule is c1ccc(-c2ccc(-c3nc(-n4c5ccc(-c6ccccc6)cc5c5c6ccccc6c6c7ccccc7sc6c54)nc4ccccc34)cc2)cc1.c1ccc(-c2nc(-c3ccccc3)nc(-n3c4ccccc4c4c5ccccc5c5c6ccccc6oc5c43)n2)cc1.c1ccc(-c2nc(-c3ccccc3)nc(-n3c4ccccc4c4c5ccccc5c5c6ccccc6sc5c43)n2)cc1. The van der Waals surface area contributed by atoms with E-state index in [4.69, 9.17) is 44.3 Å². The molecule has 9 aromatic heterocycles. The zero-order chi connectivity index (χ0) is 89.4. The van der Waals surface area contributed by atoms with Crippen LogP contribution < -0.4 is 0 Å². The molecule has 634 valence electrons. The van der Waals surface area contributed by atoms with E-state index >= 15 is 0 Å². The van der Waals surface area contributed by atoms with Gasteiger partial charge in [-0.15, -0.1) is 22.7 Å². The minimum Gasteiger partial charge on any atom is -0.454 e. The Morgan fingerprint density at radius 3 is 0.963 bits per heavy atom. The monoisotopic (exact) mass is 1770 g/mol. The van der Waals surface area contributed by atoms with Crippen molar-refractivity contribution in [3.63, 3.8) is 0 Å². The number of aromatic nitrogens is 11. The number of fused-ring (bicyclic) bond motifs is 31. The van der Waals surface area contributed by atoms with Crippen LogP contribution in [0.4, 0.5) is 0 Å². The number of para-hydroxylation sites is 4. The van der Waals surface area contributed by atoms with Gasteiger partial charge >= 0.3 is 0 Å². The molecule has 29 rings (SSSR count). The molecule has 0 radical (unpaired) electrons. The van der Waals surface area contributed by atoms with Gasteiger partial charge in [-0.05, 0) is 103 Å². The Morgan fingerprint density at radius 2 is 0.500 bits per heavy atom. The van der Waals surface area contributed by atoms with Crippen LogP contribution in [-0.2, 0) is 0 Å². The van der Waals surface area contributed by atoms with Crippen LogP contribution in [0, 0.1) is 0 Å². The van der Waals surface area contributed by atoms with Gasteiger partial charge in [0, 0.05) is 107 Å². The van der Waals surface area contributed by atoms with Crippen molar-refractivity contribution in [1.29, 1.82) is 0 Å². The zero-order valence-electron chi connectivity index (χ0n) is 72.8. The Hall–Kier alpha value is -17.8. The summed E-state index contributed by atoms with van der Waals surface area (Å²) in [4.78, 5) is 41.3. The van der Waals surface area contributed by atoms with E-state index in [-0.39, 0.29) is 0 Å². The van der Waals surface area contributed by atoms with Crippen LogP contribution in [0.2, 0.25) is 0 Å². The lowest BCUT2D eigenvalue weighted by Crippen LogP contribution is -2.06. The van der Waals surface area contributed by atoms with Crippen molar-refractivity contribution in [2.24, 2.45) is 0 Å². The summed E-state index contributed by atoms with van der Waals surface area (Å²) >= 11 is 3.70. The number of rotatable bonds is 10. The van der Waals surface area contributed by atoms with Crippen LogP contribution >= 0.6 is 22.7 Å². The fourth-order valence-electron chi connectivity index (χ4n) is 20.5. The minimum atomic E-state index is 0.547. The van der Waals surface area contributed by atoms with Crippen molar-refractivity contribution in [1.82, 2.24) is 53.6 Å². The van der Waals surface area contributed by atoms with Crippen LogP contribution in [0.5, 0.6) is 0 Å². The van der Waals surface area contributed by atoms with Crippen molar-refractivity contribution >= 4 is 194 Å². The number of thiophene rings is 2. The highest BCUT2D eigenvalue weighted by Gasteiger charge is 2.30. The van der Waals surface area contributed by atoms with Gasteiger partial charge in [0.15, 0.2) is 28.9 Å². The van der Waals surface area contributed by atoms with E-state index < -0.39 is 0 Å². The average molecular weight is 1770 g/mol. The Morgan fingerprint density at radius 1 is 0.191 bits per heavy atom. The quantitative estimate of drug-likeness (QED) is 0.131. The van der Waals surface area contributed by atoms with E-state index in [1.165, 1.54) is 116 Å². The van der Waals surface area contributed by atoms with Gasteiger partial charge in [-0.3, -0.25) is 13.7 Å². The van der Waals surface area contributed by atoms with Gasteiger partial charge in [-0.25, -0.2) is 19.9 Å². The van der Waals surface area contributed by atoms with Crippen molar-refractivity contribution in [2.75, 3.05) is 0 Å². The van der Waals surface area contributed by atoms with Gasteiger partial charge in [-0.2, -0.15) is 19.9 Å². The molecule has 0 aliphatic heterocycles. The van der Waals surface area contributed by atoms with Gasteiger partial charge in [0.05, 0.1) is 48.2 Å². The van der Waals surface area contributed by atoms with Gasteiger partial charge < -0.3 is 4.42 Å². The van der Waals surface area contributed by atoms with Gasteiger partial charge in [0.1, 0.15) is 11.1 Å². The molecule has 20 aromatic carbocycles. The van der Waals surface area contributed by atoms with E-state index in [1.54, 1.807) is 0 Å². The largest absolute Gasteiger partial charge is 0.454 e. The normalized spacial score (nSPS) is 11.8. The van der Waals surface area contributed by atoms with E-state index in [0.717, 1.165) is 110 Å². The zero-order valence-corrected chi connectivity index (χ0v) is 74.4. The maximum atomic E-state index is 6.70. The highest BCUT2D eigenvalue weighted by molar-refractivity contribution is 7.27. The van der Waals surface area contributed by atoms with Crippen molar-refractivity contribution in [3.05, 3.63) is 443 Å². The molecule has 136 heavy (non-hydrogen) atoms. The van der Waals surface area contributed by atoms with Crippen molar-refractivity contribution in [2.45, 2.75) is 0 Å². The lowest BCUT2D eigenvalue weighted by Gasteiger charge is -2.13. The second kappa shape index (κ2) is 32.0. The average Bonchev–Trinajstić information content (AvgIpc) is 1.55. The lowest BCUT2D eigenvalue weighted by molar-refractivity contribution is 0.671. The number of nitrogens with zero attached hydrogens (tertiary/aromatic N) is 11. The maximum absolute atomic E-state index is 6.70. The molecule has 14 heteroatoms. The summed E-state index contributed by atoms with van der Waals surface area (Å²) in [5, 5.41) is 22.8. The molecule has 0 aliphatic carbocycles. The summed E-state index contributed by atoms with van der Waals surface area (Å²) in [6.07, 6.45) is 0. The number of hydrogen-bond donors (Lipinski definition) is 0. The Balaban J connectivity index is 0.000000104.